The number of carbonyl (C=O) groups is 1. The van der Waals surface area contributed by atoms with Gasteiger partial charge in [-0.1, -0.05) is 13.0 Å². The van der Waals surface area contributed by atoms with Crippen molar-refractivity contribution in [3.8, 4) is 28.8 Å². The highest BCUT2D eigenvalue weighted by Crippen LogP contribution is 2.26. The van der Waals surface area contributed by atoms with Gasteiger partial charge in [-0.15, -0.1) is 0 Å². The molecule has 0 saturated carbocycles. The number of pyridine rings is 1. The van der Waals surface area contributed by atoms with E-state index in [0.29, 0.717) is 37.3 Å². The first-order valence-corrected chi connectivity index (χ1v) is 12.7. The molecule has 0 amide bonds. The van der Waals surface area contributed by atoms with E-state index < -0.39 is 0 Å². The Hall–Kier alpha value is -4.05. The number of aryl methyl sites for hydroxylation is 2. The maximum Gasteiger partial charge on any atom is 0.306 e. The molecule has 0 atom stereocenters. The fourth-order valence-electron chi connectivity index (χ4n) is 4.06. The Morgan fingerprint density at radius 1 is 1.03 bits per heavy atom. The van der Waals surface area contributed by atoms with Crippen molar-refractivity contribution in [2.45, 2.75) is 39.5 Å². The maximum atomic E-state index is 11.7. The number of hydrogen-bond donors (Lipinski definition) is 0. The van der Waals surface area contributed by atoms with Crippen LogP contribution in [0, 0.1) is 11.3 Å². The largest absolute Gasteiger partial charge is 0.497 e. The van der Waals surface area contributed by atoms with Crippen LogP contribution in [0.2, 0.25) is 0 Å². The molecule has 194 valence electrons. The molecule has 0 aliphatic carbocycles. The summed E-state index contributed by atoms with van der Waals surface area (Å²) in [7, 11) is 3.61. The highest BCUT2D eigenvalue weighted by molar-refractivity contribution is 5.70. The minimum Gasteiger partial charge on any atom is -0.497 e. The van der Waals surface area contributed by atoms with Crippen LogP contribution in [0.3, 0.4) is 0 Å². The smallest absolute Gasteiger partial charge is 0.306 e. The summed E-state index contributed by atoms with van der Waals surface area (Å²) in [5.74, 6) is 2.22. The molecule has 0 unspecified atom stereocenters. The number of nitriles is 1. The SMILES string of the molecule is CCOC(=O)CCc1ccc(OCCCN(C)c2ccc(C#N)c(-c3ccc(OC)cc3)n2)cc1CC. The first-order chi connectivity index (χ1) is 18.0. The van der Waals surface area contributed by atoms with E-state index in [-0.39, 0.29) is 5.97 Å². The molecule has 0 bridgehead atoms. The monoisotopic (exact) mass is 501 g/mol. The van der Waals surface area contributed by atoms with E-state index in [9.17, 15) is 10.1 Å². The van der Waals surface area contributed by atoms with Crippen LogP contribution in [-0.2, 0) is 22.4 Å². The fraction of sp³-hybridized carbons (Fsp3) is 0.367. The van der Waals surface area contributed by atoms with Crippen LogP contribution in [-0.4, -0.2) is 44.9 Å². The van der Waals surface area contributed by atoms with Gasteiger partial charge in [0.2, 0.25) is 0 Å². The van der Waals surface area contributed by atoms with E-state index in [0.717, 1.165) is 47.8 Å². The standard InChI is InChI=1S/C30H35N3O4/c1-5-22-20-27(15-8-23(22)12-17-29(34)36-6-2)37-19-7-18-33(3)28-16-11-25(21-31)30(32-28)24-9-13-26(35-4)14-10-24/h8-11,13-16,20H,5-7,12,17-19H2,1-4H3. The molecule has 0 radical (unpaired) electrons. The predicted molar refractivity (Wildman–Crippen MR) is 145 cm³/mol. The second-order valence-electron chi connectivity index (χ2n) is 8.62. The van der Waals surface area contributed by atoms with Crippen molar-refractivity contribution < 1.29 is 19.0 Å². The molecule has 37 heavy (non-hydrogen) atoms. The fourth-order valence-corrected chi connectivity index (χ4v) is 4.06. The number of methoxy groups -OCH3 is 1. The lowest BCUT2D eigenvalue weighted by atomic mass is 10.0. The van der Waals surface area contributed by atoms with Crippen LogP contribution in [0.25, 0.3) is 11.3 Å². The normalized spacial score (nSPS) is 10.5. The molecule has 2 aromatic carbocycles. The quantitative estimate of drug-likeness (QED) is 0.223. The summed E-state index contributed by atoms with van der Waals surface area (Å²) < 4.78 is 16.3. The number of ether oxygens (including phenoxy) is 3. The summed E-state index contributed by atoms with van der Waals surface area (Å²) >= 11 is 0. The van der Waals surface area contributed by atoms with E-state index in [4.69, 9.17) is 19.2 Å². The molecule has 7 nitrogen and oxygen atoms in total. The Balaban J connectivity index is 1.56. The van der Waals surface area contributed by atoms with Gasteiger partial charge in [0.05, 0.1) is 31.6 Å². The van der Waals surface area contributed by atoms with E-state index >= 15 is 0 Å². The van der Waals surface area contributed by atoms with Crippen LogP contribution >= 0.6 is 0 Å². The summed E-state index contributed by atoms with van der Waals surface area (Å²) in [6.45, 7) is 5.65. The van der Waals surface area contributed by atoms with Crippen molar-refractivity contribution >= 4 is 11.8 Å². The number of benzene rings is 2. The van der Waals surface area contributed by atoms with Crippen LogP contribution in [0.4, 0.5) is 5.82 Å². The third-order valence-electron chi connectivity index (χ3n) is 6.12. The lowest BCUT2D eigenvalue weighted by Crippen LogP contribution is -2.21. The molecule has 1 heterocycles. The van der Waals surface area contributed by atoms with Crippen LogP contribution in [0.15, 0.2) is 54.6 Å². The van der Waals surface area contributed by atoms with E-state index in [2.05, 4.69) is 24.0 Å². The van der Waals surface area contributed by atoms with E-state index in [1.165, 1.54) is 5.56 Å². The molecule has 3 rings (SSSR count). The minimum atomic E-state index is -0.165. The predicted octanol–water partition coefficient (Wildman–Crippen LogP) is 5.59. The van der Waals surface area contributed by atoms with Crippen LogP contribution in [0.1, 0.15) is 43.4 Å². The number of anilines is 1. The second-order valence-corrected chi connectivity index (χ2v) is 8.62. The zero-order valence-electron chi connectivity index (χ0n) is 22.1. The number of carbonyl (C=O) groups excluding carboxylic acids is 1. The van der Waals surface area contributed by atoms with Crippen molar-refractivity contribution in [1.29, 1.82) is 5.26 Å². The van der Waals surface area contributed by atoms with Gasteiger partial charge in [0.15, 0.2) is 0 Å². The Kier molecular flexibility index (Phi) is 10.3. The van der Waals surface area contributed by atoms with Crippen molar-refractivity contribution in [2.24, 2.45) is 0 Å². The lowest BCUT2D eigenvalue weighted by Gasteiger charge is -2.19. The molecule has 1 aromatic heterocycles. The number of esters is 1. The number of rotatable bonds is 13. The molecule has 7 heteroatoms. The summed E-state index contributed by atoms with van der Waals surface area (Å²) in [5.41, 5.74) is 4.39. The zero-order chi connectivity index (χ0) is 26.6. The highest BCUT2D eigenvalue weighted by atomic mass is 16.5. The van der Waals surface area contributed by atoms with Gasteiger partial charge >= 0.3 is 5.97 Å². The molecule has 0 N–H and O–H groups in total. The summed E-state index contributed by atoms with van der Waals surface area (Å²) in [6, 6.07) is 19.5. The Labute approximate surface area is 219 Å². The summed E-state index contributed by atoms with van der Waals surface area (Å²) in [4.78, 5) is 18.5. The van der Waals surface area contributed by atoms with Gasteiger partial charge in [0.25, 0.3) is 0 Å². The summed E-state index contributed by atoms with van der Waals surface area (Å²) in [6.07, 6.45) is 2.74. The van der Waals surface area contributed by atoms with E-state index in [1.807, 2.05) is 62.5 Å². The topological polar surface area (TPSA) is 84.7 Å². The maximum absolute atomic E-state index is 11.7. The third-order valence-corrected chi connectivity index (χ3v) is 6.12. The van der Waals surface area contributed by atoms with Crippen molar-refractivity contribution in [1.82, 2.24) is 4.98 Å². The van der Waals surface area contributed by atoms with Crippen molar-refractivity contribution in [3.63, 3.8) is 0 Å². The zero-order valence-corrected chi connectivity index (χ0v) is 22.1. The molecule has 0 fully saturated rings. The molecule has 0 aliphatic rings. The second kappa shape index (κ2) is 13.9. The van der Waals surface area contributed by atoms with Crippen molar-refractivity contribution in [3.05, 3.63) is 71.3 Å². The van der Waals surface area contributed by atoms with Gasteiger partial charge in [-0.3, -0.25) is 4.79 Å². The summed E-state index contributed by atoms with van der Waals surface area (Å²) in [5, 5.41) is 9.56. The van der Waals surface area contributed by atoms with E-state index in [1.54, 1.807) is 7.11 Å². The molecule has 0 saturated heterocycles. The number of nitrogens with zero attached hydrogens (tertiary/aromatic N) is 3. The lowest BCUT2D eigenvalue weighted by molar-refractivity contribution is -0.143. The Morgan fingerprint density at radius 3 is 2.46 bits per heavy atom. The Bertz CT molecular complexity index is 1220. The van der Waals surface area contributed by atoms with Crippen LogP contribution < -0.4 is 14.4 Å². The van der Waals surface area contributed by atoms with Gasteiger partial charge < -0.3 is 19.1 Å². The molecular weight excluding hydrogens is 466 g/mol. The number of aromatic nitrogens is 1. The average Bonchev–Trinajstić information content (AvgIpc) is 2.94. The molecule has 0 spiro atoms. The third kappa shape index (κ3) is 7.71. The van der Waals surface area contributed by atoms with Gasteiger partial charge in [-0.05, 0) is 85.8 Å². The average molecular weight is 502 g/mol. The first-order valence-electron chi connectivity index (χ1n) is 12.7. The van der Waals surface area contributed by atoms with Crippen molar-refractivity contribution in [2.75, 3.05) is 38.8 Å². The van der Waals surface area contributed by atoms with Gasteiger partial charge in [-0.25, -0.2) is 4.98 Å². The van der Waals surface area contributed by atoms with Gasteiger partial charge in [0, 0.05) is 25.6 Å². The highest BCUT2D eigenvalue weighted by Gasteiger charge is 2.12. The molecule has 3 aromatic rings. The first kappa shape index (κ1) is 27.5. The molecule has 0 aliphatic heterocycles. The molecular formula is C30H35N3O4. The van der Waals surface area contributed by atoms with Gasteiger partial charge in [0.1, 0.15) is 23.4 Å². The van der Waals surface area contributed by atoms with Crippen LogP contribution in [0.5, 0.6) is 11.5 Å². The Morgan fingerprint density at radius 2 is 1.78 bits per heavy atom. The van der Waals surface area contributed by atoms with Gasteiger partial charge in [-0.2, -0.15) is 5.26 Å². The minimum absolute atomic E-state index is 0.165. The number of hydrogen-bond acceptors (Lipinski definition) is 7.